The van der Waals surface area contributed by atoms with Gasteiger partial charge in [-0.1, -0.05) is 0 Å². The molecular formula is C5H8NaO5P. The molecule has 0 aliphatic carbocycles. The molecule has 12 heavy (non-hydrogen) atoms. The van der Waals surface area contributed by atoms with E-state index in [-0.39, 0.29) is 35.7 Å². The molecule has 0 bridgehead atoms. The molecule has 0 heterocycles. The van der Waals surface area contributed by atoms with Gasteiger partial charge in [0.1, 0.15) is 0 Å². The van der Waals surface area contributed by atoms with Crippen molar-refractivity contribution in [1.29, 1.82) is 0 Å². The van der Waals surface area contributed by atoms with Gasteiger partial charge in [-0.15, -0.1) is 0 Å². The van der Waals surface area contributed by atoms with E-state index in [9.17, 15) is 19.0 Å². The molecule has 0 saturated carbocycles. The first-order chi connectivity index (χ1) is 4.83. The largest absolute Gasteiger partial charge is 1.00 e. The van der Waals surface area contributed by atoms with E-state index in [4.69, 9.17) is 5.11 Å². The van der Waals surface area contributed by atoms with Gasteiger partial charge >= 0.3 is 35.5 Å². The molecule has 0 rings (SSSR count). The van der Waals surface area contributed by atoms with E-state index in [0.717, 1.165) is 6.66 Å². The van der Waals surface area contributed by atoms with Gasteiger partial charge in [-0.2, -0.15) is 0 Å². The summed E-state index contributed by atoms with van der Waals surface area (Å²) in [5, 5.41) is 8.04. The van der Waals surface area contributed by atoms with Gasteiger partial charge in [0.05, 0.1) is 0 Å². The van der Waals surface area contributed by atoms with Crippen LogP contribution in [0, 0.1) is 0 Å². The predicted octanol–water partition coefficient (Wildman–Crippen LogP) is -3.70. The van der Waals surface area contributed by atoms with Crippen molar-refractivity contribution >= 4 is 19.1 Å². The number of aliphatic carboxylic acids is 1. The Kier molecular flexibility index (Phi) is 7.28. The fraction of sp³-hybridized carbons (Fsp3) is 0.600. The number of hydrogen-bond donors (Lipinski definition) is 1. The van der Waals surface area contributed by atoms with Crippen molar-refractivity contribution in [3.63, 3.8) is 0 Å². The van der Waals surface area contributed by atoms with Gasteiger partial charge in [0, 0.05) is 13.8 Å². The van der Waals surface area contributed by atoms with Gasteiger partial charge in [-0.3, -0.25) is 4.79 Å². The number of carbonyl (C=O) groups is 2. The molecule has 0 aliphatic heterocycles. The first kappa shape index (κ1) is 14.8. The summed E-state index contributed by atoms with van der Waals surface area (Å²) in [4.78, 5) is 30.6. The molecular weight excluding hydrogens is 194 g/mol. The van der Waals surface area contributed by atoms with Gasteiger partial charge < -0.3 is 14.6 Å². The molecule has 0 fully saturated rings. The van der Waals surface area contributed by atoms with Crippen molar-refractivity contribution in [3.05, 3.63) is 0 Å². The summed E-state index contributed by atoms with van der Waals surface area (Å²) in [6, 6.07) is 0. The first-order valence-corrected chi connectivity index (χ1v) is 5.12. The molecule has 0 aliphatic rings. The van der Waals surface area contributed by atoms with Crippen molar-refractivity contribution in [2.24, 2.45) is 0 Å². The third-order valence-corrected chi connectivity index (χ3v) is 2.02. The Morgan fingerprint density at radius 3 is 2.17 bits per heavy atom. The second-order valence-electron chi connectivity index (χ2n) is 2.22. The second kappa shape index (κ2) is 5.89. The molecule has 0 aromatic heterocycles. The summed E-state index contributed by atoms with van der Waals surface area (Å²) >= 11 is 0. The molecule has 0 radical (unpaired) electrons. The van der Waals surface area contributed by atoms with Gasteiger partial charge in [0.15, 0.2) is 0 Å². The number of carbonyl (C=O) groups excluding carboxylic acids is 1. The van der Waals surface area contributed by atoms with Crippen LogP contribution in [0.3, 0.4) is 0 Å². The molecule has 0 spiro atoms. The normalized spacial score (nSPS) is 14.2. The Bertz CT molecular complexity index is 220. The number of carboxylic acids is 1. The summed E-state index contributed by atoms with van der Waals surface area (Å²) in [5.41, 5.74) is 0. The minimum Gasteiger partial charge on any atom is -0.799 e. The Morgan fingerprint density at radius 2 is 1.92 bits per heavy atom. The SMILES string of the molecule is CP(=O)([O-])CCC(=O)C(=O)O.[Na+]. The van der Waals surface area contributed by atoms with Crippen LogP contribution in [0.25, 0.3) is 0 Å². The fourth-order valence-electron chi connectivity index (χ4n) is 0.412. The van der Waals surface area contributed by atoms with Crippen molar-refractivity contribution in [2.45, 2.75) is 6.42 Å². The van der Waals surface area contributed by atoms with Crippen LogP contribution in [0.1, 0.15) is 6.42 Å². The van der Waals surface area contributed by atoms with Crippen molar-refractivity contribution in [2.75, 3.05) is 12.8 Å². The number of carboxylic acid groups (broad SMARTS) is 1. The average Bonchev–Trinajstić information content (AvgIpc) is 1.80. The Hall–Kier alpha value is 0.330. The maximum atomic E-state index is 10.4. The molecule has 0 amide bonds. The van der Waals surface area contributed by atoms with Crippen LogP contribution in [0.2, 0.25) is 0 Å². The van der Waals surface area contributed by atoms with E-state index in [2.05, 4.69) is 0 Å². The van der Waals surface area contributed by atoms with E-state index in [0.29, 0.717) is 0 Å². The summed E-state index contributed by atoms with van der Waals surface area (Å²) in [6.45, 7) is 0.974. The zero-order chi connectivity index (χ0) is 9.07. The predicted molar refractivity (Wildman–Crippen MR) is 35.7 cm³/mol. The third kappa shape index (κ3) is 8.43. The summed E-state index contributed by atoms with van der Waals surface area (Å²) < 4.78 is 10.4. The molecule has 1 atom stereocenters. The van der Waals surface area contributed by atoms with Crippen molar-refractivity contribution in [3.8, 4) is 0 Å². The van der Waals surface area contributed by atoms with E-state index in [1.54, 1.807) is 0 Å². The van der Waals surface area contributed by atoms with Crippen LogP contribution < -0.4 is 34.5 Å². The van der Waals surface area contributed by atoms with E-state index >= 15 is 0 Å². The molecule has 5 nitrogen and oxygen atoms in total. The van der Waals surface area contributed by atoms with Crippen LogP contribution in [0.4, 0.5) is 0 Å². The quantitative estimate of drug-likeness (QED) is 0.287. The molecule has 0 aromatic rings. The van der Waals surface area contributed by atoms with Crippen LogP contribution >= 0.6 is 7.37 Å². The first-order valence-electron chi connectivity index (χ1n) is 2.86. The van der Waals surface area contributed by atoms with Gasteiger partial charge in [-0.25, -0.2) is 4.79 Å². The van der Waals surface area contributed by atoms with Gasteiger partial charge in [0.25, 0.3) is 0 Å². The summed E-state index contributed by atoms with van der Waals surface area (Å²) in [5.74, 6) is -2.65. The number of hydrogen-bond acceptors (Lipinski definition) is 4. The Morgan fingerprint density at radius 1 is 1.50 bits per heavy atom. The molecule has 1 N–H and O–H groups in total. The van der Waals surface area contributed by atoms with Crippen LogP contribution in [0.15, 0.2) is 0 Å². The minimum absolute atomic E-state index is 0. The molecule has 1 unspecified atom stereocenters. The maximum Gasteiger partial charge on any atom is 1.00 e. The summed E-state index contributed by atoms with van der Waals surface area (Å²) in [7, 11) is -3.49. The zero-order valence-electron chi connectivity index (χ0n) is 6.94. The van der Waals surface area contributed by atoms with E-state index in [1.165, 1.54) is 0 Å². The van der Waals surface area contributed by atoms with Crippen molar-refractivity contribution < 1.29 is 53.7 Å². The smallest absolute Gasteiger partial charge is 0.799 e. The van der Waals surface area contributed by atoms with Gasteiger partial charge in [0.2, 0.25) is 5.78 Å². The minimum atomic E-state index is -3.49. The molecule has 7 heteroatoms. The Labute approximate surface area is 91.9 Å². The molecule has 0 saturated heterocycles. The average molecular weight is 202 g/mol. The van der Waals surface area contributed by atoms with Crippen LogP contribution in [-0.2, 0) is 14.2 Å². The number of rotatable bonds is 4. The Balaban J connectivity index is 0. The third-order valence-electron chi connectivity index (χ3n) is 0.984. The zero-order valence-corrected chi connectivity index (χ0v) is 9.84. The van der Waals surface area contributed by atoms with E-state index in [1.807, 2.05) is 0 Å². The molecule has 64 valence electrons. The van der Waals surface area contributed by atoms with Gasteiger partial charge in [-0.05, 0) is 12.8 Å². The monoisotopic (exact) mass is 202 g/mol. The van der Waals surface area contributed by atoms with Crippen LogP contribution in [0.5, 0.6) is 0 Å². The topological polar surface area (TPSA) is 94.5 Å². The molecule has 0 aromatic carbocycles. The standard InChI is InChI=1S/C5H9O5P.Na/c1-11(9,10)3-2-4(6)5(7)8;/h2-3H2,1H3,(H,7,8)(H,9,10);/q;+1/p-1. The summed E-state index contributed by atoms with van der Waals surface area (Å²) in [6.07, 6.45) is -0.815. The van der Waals surface area contributed by atoms with E-state index < -0.39 is 25.5 Å². The maximum absolute atomic E-state index is 10.4. The number of Topliss-reactive ketones (excluding diaryl/α,β-unsaturated/α-hetero) is 1. The number of ketones is 1. The van der Waals surface area contributed by atoms with Crippen LogP contribution in [-0.4, -0.2) is 29.7 Å². The fourth-order valence-corrected chi connectivity index (χ4v) is 1.02. The second-order valence-corrected chi connectivity index (χ2v) is 4.69. The van der Waals surface area contributed by atoms with Crippen molar-refractivity contribution in [1.82, 2.24) is 0 Å².